The molecule has 1 aliphatic heterocycles. The number of carbonyl (C=O) groups is 1. The van der Waals surface area contributed by atoms with E-state index in [9.17, 15) is 4.79 Å². The average Bonchev–Trinajstić information content (AvgIpc) is 2.37. The van der Waals surface area contributed by atoms with Crippen LogP contribution in [0.1, 0.15) is 0 Å². The van der Waals surface area contributed by atoms with Gasteiger partial charge in [0.05, 0.1) is 13.7 Å². The van der Waals surface area contributed by atoms with Crippen molar-refractivity contribution < 1.29 is 14.4 Å². The summed E-state index contributed by atoms with van der Waals surface area (Å²) in [5, 5.41) is 1.11. The van der Waals surface area contributed by atoms with Crippen molar-refractivity contribution in [1.29, 1.82) is 0 Å². The van der Waals surface area contributed by atoms with Crippen molar-refractivity contribution in [1.82, 2.24) is 5.06 Å². The fourth-order valence-electron chi connectivity index (χ4n) is 0.518. The van der Waals surface area contributed by atoms with Crippen molar-refractivity contribution >= 4 is 6.09 Å². The summed E-state index contributed by atoms with van der Waals surface area (Å²) in [4.78, 5) is 15.2. The lowest BCUT2D eigenvalue weighted by atomic mass is 10.6. The van der Waals surface area contributed by atoms with Gasteiger partial charge in [-0.15, -0.1) is 5.06 Å². The van der Waals surface area contributed by atoms with Crippen molar-refractivity contribution in [2.45, 2.75) is 0 Å². The van der Waals surface area contributed by atoms with E-state index in [1.165, 1.54) is 13.4 Å². The lowest BCUT2D eigenvalue weighted by molar-refractivity contribution is -0.0562. The Morgan fingerprint density at radius 2 is 2.67 bits per heavy atom. The van der Waals surface area contributed by atoms with E-state index in [0.29, 0.717) is 6.54 Å². The minimum atomic E-state index is -0.472. The zero-order valence-electron chi connectivity index (χ0n) is 5.03. The molecule has 0 unspecified atom stereocenters. The first kappa shape index (κ1) is 5.94. The third-order valence-corrected chi connectivity index (χ3v) is 0.934. The Balaban J connectivity index is 2.36. The van der Waals surface area contributed by atoms with E-state index in [-0.39, 0.29) is 0 Å². The number of amides is 1. The number of rotatable bonds is 0. The van der Waals surface area contributed by atoms with Gasteiger partial charge in [-0.1, -0.05) is 0 Å². The highest BCUT2D eigenvalue weighted by Crippen LogP contribution is 2.01. The van der Waals surface area contributed by atoms with Gasteiger partial charge in [0.1, 0.15) is 6.26 Å². The van der Waals surface area contributed by atoms with Gasteiger partial charge in [0, 0.05) is 0 Å². The zero-order chi connectivity index (χ0) is 6.69. The van der Waals surface area contributed by atoms with Gasteiger partial charge in [0.2, 0.25) is 0 Å². The highest BCUT2D eigenvalue weighted by molar-refractivity contribution is 5.66. The smallest absolute Gasteiger partial charge is 0.443 e. The van der Waals surface area contributed by atoms with Crippen LogP contribution >= 0.6 is 0 Å². The van der Waals surface area contributed by atoms with Crippen LogP contribution in [0.4, 0.5) is 4.79 Å². The molecular weight excluding hydrogens is 122 g/mol. The minimum Gasteiger partial charge on any atom is -0.451 e. The van der Waals surface area contributed by atoms with E-state index in [1.54, 1.807) is 6.08 Å². The van der Waals surface area contributed by atoms with E-state index in [1.807, 2.05) is 0 Å². The number of hydroxylamine groups is 2. The van der Waals surface area contributed by atoms with Crippen molar-refractivity contribution in [3.05, 3.63) is 12.3 Å². The number of hydrogen-bond donors (Lipinski definition) is 0. The molecule has 0 aliphatic carbocycles. The monoisotopic (exact) mass is 129 g/mol. The highest BCUT2D eigenvalue weighted by atomic mass is 16.7. The predicted molar refractivity (Wildman–Crippen MR) is 29.3 cm³/mol. The van der Waals surface area contributed by atoms with Crippen LogP contribution in [0.5, 0.6) is 0 Å². The van der Waals surface area contributed by atoms with Crippen LogP contribution < -0.4 is 0 Å². The standard InChI is InChI=1S/C5H7NO3/c1-8-5(7)6-3-2-4-9-6/h2,4H,3H2,1H3. The average molecular weight is 129 g/mol. The Bertz CT molecular complexity index is 135. The van der Waals surface area contributed by atoms with Crippen LogP contribution in [0.25, 0.3) is 0 Å². The molecule has 1 amide bonds. The molecule has 0 saturated carbocycles. The maximum absolute atomic E-state index is 10.6. The summed E-state index contributed by atoms with van der Waals surface area (Å²) in [5.74, 6) is 0. The molecule has 1 aliphatic rings. The Kier molecular flexibility index (Phi) is 1.58. The molecule has 50 valence electrons. The Hall–Kier alpha value is -1.19. The molecule has 0 fully saturated rings. The summed E-state index contributed by atoms with van der Waals surface area (Å²) in [7, 11) is 1.31. The minimum absolute atomic E-state index is 0.465. The first-order chi connectivity index (χ1) is 4.34. The molecule has 0 N–H and O–H groups in total. The summed E-state index contributed by atoms with van der Waals surface area (Å²) in [6.07, 6.45) is 2.69. The van der Waals surface area contributed by atoms with Gasteiger partial charge in [-0.3, -0.25) is 0 Å². The van der Waals surface area contributed by atoms with Crippen LogP contribution in [-0.4, -0.2) is 24.8 Å². The molecule has 1 heterocycles. The molecule has 0 bridgehead atoms. The fourth-order valence-corrected chi connectivity index (χ4v) is 0.518. The molecule has 4 nitrogen and oxygen atoms in total. The van der Waals surface area contributed by atoms with Crippen LogP contribution in [0.15, 0.2) is 12.3 Å². The molecule has 0 radical (unpaired) electrons. The molecule has 4 heteroatoms. The third-order valence-electron chi connectivity index (χ3n) is 0.934. The molecule has 0 atom stereocenters. The second-order valence-electron chi connectivity index (χ2n) is 1.51. The van der Waals surface area contributed by atoms with Crippen LogP contribution in [0, 0.1) is 0 Å². The van der Waals surface area contributed by atoms with E-state index in [4.69, 9.17) is 0 Å². The molecule has 1 rings (SSSR count). The molecule has 0 aromatic carbocycles. The van der Waals surface area contributed by atoms with Gasteiger partial charge in [-0.05, 0) is 6.08 Å². The van der Waals surface area contributed by atoms with Gasteiger partial charge in [-0.2, -0.15) is 0 Å². The van der Waals surface area contributed by atoms with Gasteiger partial charge in [-0.25, -0.2) is 4.79 Å². The summed E-state index contributed by atoms with van der Waals surface area (Å²) in [6, 6.07) is 0. The van der Waals surface area contributed by atoms with Crippen molar-refractivity contribution in [3.8, 4) is 0 Å². The van der Waals surface area contributed by atoms with E-state index < -0.39 is 6.09 Å². The summed E-state index contributed by atoms with van der Waals surface area (Å²) in [6.45, 7) is 0.465. The zero-order valence-corrected chi connectivity index (χ0v) is 5.03. The molecule has 0 aromatic heterocycles. The SMILES string of the molecule is COC(=O)N1CC=CO1. The van der Waals surface area contributed by atoms with E-state index in [0.717, 1.165) is 5.06 Å². The second kappa shape index (κ2) is 2.39. The number of nitrogens with zero attached hydrogens (tertiary/aromatic N) is 1. The molecule has 0 aromatic rings. The molecular formula is C5H7NO3. The number of ether oxygens (including phenoxy) is 1. The summed E-state index contributed by atoms with van der Waals surface area (Å²) in [5.41, 5.74) is 0. The van der Waals surface area contributed by atoms with Crippen molar-refractivity contribution in [2.75, 3.05) is 13.7 Å². The largest absolute Gasteiger partial charge is 0.451 e. The van der Waals surface area contributed by atoms with Gasteiger partial charge >= 0.3 is 6.09 Å². The third kappa shape index (κ3) is 1.13. The van der Waals surface area contributed by atoms with Crippen LogP contribution in [-0.2, 0) is 9.57 Å². The van der Waals surface area contributed by atoms with Crippen molar-refractivity contribution in [2.24, 2.45) is 0 Å². The molecule has 0 saturated heterocycles. The lowest BCUT2D eigenvalue weighted by Gasteiger charge is -2.10. The molecule has 0 spiro atoms. The maximum Gasteiger partial charge on any atom is 0.443 e. The summed E-state index contributed by atoms with van der Waals surface area (Å²) >= 11 is 0. The van der Waals surface area contributed by atoms with Crippen LogP contribution in [0.2, 0.25) is 0 Å². The predicted octanol–water partition coefficient (Wildman–Crippen LogP) is 0.514. The van der Waals surface area contributed by atoms with Gasteiger partial charge < -0.3 is 9.57 Å². The van der Waals surface area contributed by atoms with Gasteiger partial charge in [0.15, 0.2) is 0 Å². The first-order valence-electron chi connectivity index (χ1n) is 2.52. The normalized spacial score (nSPS) is 15.4. The highest BCUT2D eigenvalue weighted by Gasteiger charge is 2.15. The van der Waals surface area contributed by atoms with E-state index >= 15 is 0 Å². The van der Waals surface area contributed by atoms with E-state index in [2.05, 4.69) is 9.57 Å². The fraction of sp³-hybridized carbons (Fsp3) is 0.400. The second-order valence-corrected chi connectivity index (χ2v) is 1.51. The lowest BCUT2D eigenvalue weighted by Crippen LogP contribution is -2.26. The van der Waals surface area contributed by atoms with Crippen molar-refractivity contribution in [3.63, 3.8) is 0 Å². The van der Waals surface area contributed by atoms with Crippen LogP contribution in [0.3, 0.4) is 0 Å². The Morgan fingerprint density at radius 1 is 1.89 bits per heavy atom. The molecule has 9 heavy (non-hydrogen) atoms. The maximum atomic E-state index is 10.6. The Labute approximate surface area is 52.6 Å². The number of methoxy groups -OCH3 is 1. The first-order valence-corrected chi connectivity index (χ1v) is 2.52. The summed E-state index contributed by atoms with van der Waals surface area (Å²) < 4.78 is 4.36. The van der Waals surface area contributed by atoms with Gasteiger partial charge in [0.25, 0.3) is 0 Å². The number of carbonyl (C=O) groups excluding carboxylic acids is 1. The Morgan fingerprint density at radius 3 is 3.11 bits per heavy atom. The number of hydrogen-bond acceptors (Lipinski definition) is 3. The topological polar surface area (TPSA) is 38.8 Å². The quantitative estimate of drug-likeness (QED) is 0.478.